The van der Waals surface area contributed by atoms with Crippen molar-refractivity contribution in [2.45, 2.75) is 19.8 Å². The Labute approximate surface area is 173 Å². The average molecular weight is 426 g/mol. The smallest absolute Gasteiger partial charge is 0.286 e. The summed E-state index contributed by atoms with van der Waals surface area (Å²) in [5.74, 6) is -0.823. The molecule has 0 spiro atoms. The first-order valence-electron chi connectivity index (χ1n) is 8.75. The van der Waals surface area contributed by atoms with Crippen LogP contribution in [0.1, 0.15) is 30.3 Å². The highest BCUT2D eigenvalue weighted by atomic mass is 35.5. The third kappa shape index (κ3) is 6.58. The van der Waals surface area contributed by atoms with Gasteiger partial charge in [0.1, 0.15) is 0 Å². The highest BCUT2D eigenvalue weighted by Crippen LogP contribution is 2.25. The number of halogens is 2. The van der Waals surface area contributed by atoms with E-state index in [4.69, 9.17) is 27.6 Å². The molecule has 2 rings (SSSR count). The van der Waals surface area contributed by atoms with Crippen molar-refractivity contribution in [1.29, 1.82) is 0 Å². The lowest BCUT2D eigenvalue weighted by Crippen LogP contribution is -2.40. The van der Waals surface area contributed by atoms with Gasteiger partial charge >= 0.3 is 0 Å². The fraction of sp³-hybridized carbons (Fsp3) is 0.316. The van der Waals surface area contributed by atoms with Crippen molar-refractivity contribution in [2.75, 3.05) is 25.0 Å². The number of carbonyl (C=O) groups excluding carboxylic acids is 3. The lowest BCUT2D eigenvalue weighted by atomic mass is 10.3. The molecule has 0 aliphatic rings. The Morgan fingerprint density at radius 3 is 2.61 bits per heavy atom. The number of nitrogens with zero attached hydrogens (tertiary/aromatic N) is 1. The van der Waals surface area contributed by atoms with Crippen molar-refractivity contribution in [2.24, 2.45) is 0 Å². The molecular formula is C19H21Cl2N3O4. The molecule has 7 nitrogen and oxygen atoms in total. The molecule has 0 bridgehead atoms. The lowest BCUT2D eigenvalue weighted by Gasteiger charge is -2.22. The second-order valence-corrected chi connectivity index (χ2v) is 6.81. The van der Waals surface area contributed by atoms with Crippen molar-refractivity contribution in [1.82, 2.24) is 10.2 Å². The summed E-state index contributed by atoms with van der Waals surface area (Å²) in [6, 6.07) is 7.87. The van der Waals surface area contributed by atoms with Crippen LogP contribution in [0.25, 0.3) is 0 Å². The molecule has 0 aliphatic carbocycles. The molecule has 0 radical (unpaired) electrons. The monoisotopic (exact) mass is 425 g/mol. The second kappa shape index (κ2) is 10.7. The molecule has 0 atom stereocenters. The van der Waals surface area contributed by atoms with Crippen LogP contribution in [0.15, 0.2) is 41.0 Å². The highest BCUT2D eigenvalue weighted by Gasteiger charge is 2.18. The number of benzene rings is 1. The third-order valence-corrected chi connectivity index (χ3v) is 4.30. The molecular weight excluding hydrogens is 405 g/mol. The number of amides is 3. The van der Waals surface area contributed by atoms with Gasteiger partial charge in [0.25, 0.3) is 5.91 Å². The van der Waals surface area contributed by atoms with E-state index >= 15 is 0 Å². The molecule has 0 unspecified atom stereocenters. The van der Waals surface area contributed by atoms with Crippen LogP contribution in [0.5, 0.6) is 0 Å². The summed E-state index contributed by atoms with van der Waals surface area (Å²) >= 11 is 11.9. The van der Waals surface area contributed by atoms with E-state index in [1.807, 2.05) is 6.92 Å². The first-order chi connectivity index (χ1) is 13.4. The first-order valence-corrected chi connectivity index (χ1v) is 9.50. The molecule has 0 saturated heterocycles. The predicted molar refractivity (Wildman–Crippen MR) is 108 cm³/mol. The number of rotatable bonds is 9. The van der Waals surface area contributed by atoms with E-state index in [0.29, 0.717) is 28.7 Å². The maximum Gasteiger partial charge on any atom is 0.286 e. The average Bonchev–Trinajstić information content (AvgIpc) is 3.18. The summed E-state index contributed by atoms with van der Waals surface area (Å²) < 4.78 is 4.99. The van der Waals surface area contributed by atoms with Gasteiger partial charge in [-0.2, -0.15) is 0 Å². The molecule has 2 aromatic rings. The summed E-state index contributed by atoms with van der Waals surface area (Å²) in [5.41, 5.74) is 0.422. The van der Waals surface area contributed by atoms with E-state index < -0.39 is 5.91 Å². The van der Waals surface area contributed by atoms with Gasteiger partial charge in [-0.3, -0.25) is 14.4 Å². The minimum atomic E-state index is -0.394. The van der Waals surface area contributed by atoms with Gasteiger partial charge in [0.15, 0.2) is 5.76 Å². The molecule has 9 heteroatoms. The van der Waals surface area contributed by atoms with Gasteiger partial charge in [0, 0.05) is 24.5 Å². The summed E-state index contributed by atoms with van der Waals surface area (Å²) in [6.07, 6.45) is 2.16. The Hall–Kier alpha value is -2.51. The molecule has 0 saturated carbocycles. The molecule has 0 aliphatic heterocycles. The van der Waals surface area contributed by atoms with E-state index in [1.54, 1.807) is 18.2 Å². The summed E-state index contributed by atoms with van der Waals surface area (Å²) in [7, 11) is 0. The Balaban J connectivity index is 1.85. The van der Waals surface area contributed by atoms with Crippen molar-refractivity contribution in [3.8, 4) is 0 Å². The van der Waals surface area contributed by atoms with Gasteiger partial charge in [-0.25, -0.2) is 0 Å². The van der Waals surface area contributed by atoms with Crippen LogP contribution >= 0.6 is 23.2 Å². The number of nitrogens with one attached hydrogen (secondary N) is 2. The van der Waals surface area contributed by atoms with E-state index in [0.717, 1.165) is 0 Å². The number of hydrogen-bond donors (Lipinski definition) is 2. The van der Waals surface area contributed by atoms with Gasteiger partial charge in [0.05, 0.1) is 23.5 Å². The molecule has 3 amide bonds. The van der Waals surface area contributed by atoms with Crippen LogP contribution in [-0.4, -0.2) is 42.3 Å². The molecule has 1 aromatic carbocycles. The number of anilines is 1. The Morgan fingerprint density at radius 1 is 1.18 bits per heavy atom. The number of hydrogen-bond acceptors (Lipinski definition) is 4. The maximum absolute atomic E-state index is 12.4. The Morgan fingerprint density at radius 2 is 1.96 bits per heavy atom. The molecule has 0 fully saturated rings. The summed E-state index contributed by atoms with van der Waals surface area (Å²) in [5, 5.41) is 6.05. The van der Waals surface area contributed by atoms with Crippen LogP contribution in [-0.2, 0) is 9.59 Å². The molecule has 1 aromatic heterocycles. The van der Waals surface area contributed by atoms with Gasteiger partial charge in [-0.15, -0.1) is 0 Å². The third-order valence-electron chi connectivity index (χ3n) is 3.76. The normalized spacial score (nSPS) is 10.4. The topological polar surface area (TPSA) is 91.7 Å². The van der Waals surface area contributed by atoms with E-state index in [9.17, 15) is 14.4 Å². The zero-order valence-corrected chi connectivity index (χ0v) is 16.8. The molecule has 2 N–H and O–H groups in total. The molecule has 150 valence electrons. The van der Waals surface area contributed by atoms with Crippen molar-refractivity contribution < 1.29 is 18.8 Å². The standard InChI is InChI=1S/C19H21Cl2N3O4/c1-2-9-24(12-17(25)23-15-6-5-13(20)11-14(15)21)18(26)7-8-22-19(27)16-4-3-10-28-16/h3-6,10-11H,2,7-9,12H2,1H3,(H,22,27)(H,23,25). The molecule has 1 heterocycles. The quantitative estimate of drug-likeness (QED) is 0.641. The zero-order chi connectivity index (χ0) is 20.5. The van der Waals surface area contributed by atoms with E-state index in [1.165, 1.54) is 23.3 Å². The minimum Gasteiger partial charge on any atom is -0.459 e. The Kier molecular flexibility index (Phi) is 8.35. The van der Waals surface area contributed by atoms with Crippen LogP contribution in [0.2, 0.25) is 10.0 Å². The highest BCUT2D eigenvalue weighted by molar-refractivity contribution is 6.36. The summed E-state index contributed by atoms with van der Waals surface area (Å²) in [4.78, 5) is 38.0. The molecule has 28 heavy (non-hydrogen) atoms. The van der Waals surface area contributed by atoms with Crippen LogP contribution in [0.4, 0.5) is 5.69 Å². The van der Waals surface area contributed by atoms with Gasteiger partial charge in [0.2, 0.25) is 11.8 Å². The second-order valence-electron chi connectivity index (χ2n) is 5.97. The van der Waals surface area contributed by atoms with E-state index in [2.05, 4.69) is 10.6 Å². The fourth-order valence-corrected chi connectivity index (χ4v) is 2.91. The maximum atomic E-state index is 12.4. The fourth-order valence-electron chi connectivity index (χ4n) is 2.45. The summed E-state index contributed by atoms with van der Waals surface area (Å²) in [6.45, 7) is 2.36. The van der Waals surface area contributed by atoms with Crippen molar-refractivity contribution >= 4 is 46.6 Å². The number of furan rings is 1. The SMILES string of the molecule is CCCN(CC(=O)Nc1ccc(Cl)cc1Cl)C(=O)CCNC(=O)c1ccco1. The van der Waals surface area contributed by atoms with Gasteiger partial charge in [-0.05, 0) is 36.8 Å². The minimum absolute atomic E-state index is 0.0709. The lowest BCUT2D eigenvalue weighted by molar-refractivity contribution is -0.134. The zero-order valence-electron chi connectivity index (χ0n) is 15.3. The van der Waals surface area contributed by atoms with Crippen LogP contribution < -0.4 is 10.6 Å². The number of carbonyl (C=O) groups is 3. The van der Waals surface area contributed by atoms with Crippen molar-refractivity contribution in [3.63, 3.8) is 0 Å². The van der Waals surface area contributed by atoms with Crippen LogP contribution in [0, 0.1) is 0 Å². The largest absolute Gasteiger partial charge is 0.459 e. The van der Waals surface area contributed by atoms with E-state index in [-0.39, 0.29) is 37.1 Å². The first kappa shape index (κ1) is 21.8. The van der Waals surface area contributed by atoms with Crippen LogP contribution in [0.3, 0.4) is 0 Å². The van der Waals surface area contributed by atoms with Gasteiger partial charge < -0.3 is 20.0 Å². The predicted octanol–water partition coefficient (Wildman–Crippen LogP) is 3.58. The Bertz CT molecular complexity index is 825. The van der Waals surface area contributed by atoms with Crippen molar-refractivity contribution in [3.05, 3.63) is 52.4 Å². The van der Waals surface area contributed by atoms with Gasteiger partial charge in [-0.1, -0.05) is 30.1 Å².